The van der Waals surface area contributed by atoms with Crippen LogP contribution in [0.25, 0.3) is 0 Å². The Morgan fingerprint density at radius 3 is 2.67 bits per heavy atom. The van der Waals surface area contributed by atoms with Crippen LogP contribution in [0.1, 0.15) is 43.1 Å². The van der Waals surface area contributed by atoms with E-state index in [4.69, 9.17) is 4.74 Å². The van der Waals surface area contributed by atoms with Gasteiger partial charge in [-0.25, -0.2) is 0 Å². The highest BCUT2D eigenvalue weighted by molar-refractivity contribution is 5.42. The Balaban J connectivity index is 2.41. The molecule has 4 heteroatoms. The van der Waals surface area contributed by atoms with Gasteiger partial charge in [-0.2, -0.15) is 5.10 Å². The van der Waals surface area contributed by atoms with Crippen molar-refractivity contribution in [2.75, 3.05) is 13.7 Å². The fraction of sp³-hybridized carbons (Fsp3) is 0.471. The van der Waals surface area contributed by atoms with Crippen LogP contribution in [-0.4, -0.2) is 23.4 Å². The van der Waals surface area contributed by atoms with Crippen molar-refractivity contribution in [1.29, 1.82) is 0 Å². The van der Waals surface area contributed by atoms with E-state index in [1.807, 2.05) is 30.9 Å². The minimum absolute atomic E-state index is 0.0988. The molecule has 0 amide bonds. The Hall–Kier alpha value is -1.81. The van der Waals surface area contributed by atoms with E-state index in [9.17, 15) is 0 Å². The Labute approximate surface area is 127 Å². The van der Waals surface area contributed by atoms with Crippen LogP contribution in [-0.2, 0) is 13.5 Å². The van der Waals surface area contributed by atoms with Crippen LogP contribution < -0.4 is 10.1 Å². The molecule has 1 aromatic carbocycles. The molecule has 1 heterocycles. The molecule has 2 aromatic rings. The molecule has 1 atom stereocenters. The first-order valence-corrected chi connectivity index (χ1v) is 7.62. The SMILES string of the molecule is CCCOc1ccccc1C(NC)c1cn(C)nc1CC. The topological polar surface area (TPSA) is 39.1 Å². The Bertz CT molecular complexity index is 577. The molecule has 1 aromatic heterocycles. The summed E-state index contributed by atoms with van der Waals surface area (Å²) in [5.41, 5.74) is 3.51. The number of hydrogen-bond acceptors (Lipinski definition) is 3. The first-order chi connectivity index (χ1) is 10.2. The highest BCUT2D eigenvalue weighted by Gasteiger charge is 2.21. The predicted molar refractivity (Wildman–Crippen MR) is 85.7 cm³/mol. The number of para-hydroxylation sites is 1. The van der Waals surface area contributed by atoms with E-state index in [2.05, 4.69) is 42.6 Å². The molecular weight excluding hydrogens is 262 g/mol. The summed E-state index contributed by atoms with van der Waals surface area (Å²) in [7, 11) is 3.95. The maximum absolute atomic E-state index is 5.90. The lowest BCUT2D eigenvalue weighted by atomic mass is 9.97. The van der Waals surface area contributed by atoms with Crippen LogP contribution in [0.3, 0.4) is 0 Å². The molecule has 114 valence electrons. The second kappa shape index (κ2) is 7.27. The number of rotatable bonds is 7. The molecule has 0 aliphatic carbocycles. The number of aryl methyl sites for hydroxylation is 2. The fourth-order valence-corrected chi connectivity index (χ4v) is 2.61. The van der Waals surface area contributed by atoms with E-state index < -0.39 is 0 Å². The summed E-state index contributed by atoms with van der Waals surface area (Å²) in [5.74, 6) is 0.949. The van der Waals surface area contributed by atoms with Gasteiger partial charge < -0.3 is 10.1 Å². The number of hydrogen-bond donors (Lipinski definition) is 1. The molecule has 4 nitrogen and oxygen atoms in total. The second-order valence-electron chi connectivity index (χ2n) is 5.17. The van der Waals surface area contributed by atoms with Crippen molar-refractivity contribution in [2.45, 2.75) is 32.7 Å². The van der Waals surface area contributed by atoms with Gasteiger partial charge in [0.25, 0.3) is 0 Å². The van der Waals surface area contributed by atoms with Gasteiger partial charge in [0.05, 0.1) is 18.3 Å². The number of nitrogens with zero attached hydrogens (tertiary/aromatic N) is 2. The Morgan fingerprint density at radius 2 is 2.00 bits per heavy atom. The lowest BCUT2D eigenvalue weighted by Crippen LogP contribution is -2.19. The average molecular weight is 287 g/mol. The molecule has 21 heavy (non-hydrogen) atoms. The molecule has 0 saturated heterocycles. The van der Waals surface area contributed by atoms with Crippen molar-refractivity contribution in [3.63, 3.8) is 0 Å². The van der Waals surface area contributed by atoms with Crippen LogP contribution in [0.2, 0.25) is 0 Å². The van der Waals surface area contributed by atoms with Crippen molar-refractivity contribution >= 4 is 0 Å². The van der Waals surface area contributed by atoms with Crippen LogP contribution in [0, 0.1) is 0 Å². The second-order valence-corrected chi connectivity index (χ2v) is 5.17. The zero-order valence-corrected chi connectivity index (χ0v) is 13.4. The van der Waals surface area contributed by atoms with E-state index in [1.54, 1.807) is 0 Å². The molecule has 0 bridgehead atoms. The molecule has 0 spiro atoms. The van der Waals surface area contributed by atoms with Gasteiger partial charge in [0.15, 0.2) is 0 Å². The molecule has 2 rings (SSSR count). The molecule has 1 N–H and O–H groups in total. The summed E-state index contributed by atoms with van der Waals surface area (Å²) in [6, 6.07) is 8.34. The van der Waals surface area contributed by atoms with Crippen LogP contribution >= 0.6 is 0 Å². The normalized spacial score (nSPS) is 12.4. The van der Waals surface area contributed by atoms with Gasteiger partial charge in [-0.3, -0.25) is 4.68 Å². The molecule has 1 unspecified atom stereocenters. The van der Waals surface area contributed by atoms with Gasteiger partial charge in [0.1, 0.15) is 5.75 Å². The van der Waals surface area contributed by atoms with Gasteiger partial charge in [-0.05, 0) is 26.0 Å². The summed E-state index contributed by atoms with van der Waals surface area (Å²) < 4.78 is 7.79. The third-order valence-electron chi connectivity index (χ3n) is 3.56. The first-order valence-electron chi connectivity index (χ1n) is 7.62. The maximum Gasteiger partial charge on any atom is 0.124 e. The molecule has 0 radical (unpaired) electrons. The fourth-order valence-electron chi connectivity index (χ4n) is 2.61. The van der Waals surface area contributed by atoms with E-state index in [0.717, 1.165) is 36.5 Å². The monoisotopic (exact) mass is 287 g/mol. The highest BCUT2D eigenvalue weighted by atomic mass is 16.5. The Kier molecular flexibility index (Phi) is 5.39. The summed E-state index contributed by atoms with van der Waals surface area (Å²) in [6.07, 6.45) is 4.02. The van der Waals surface area contributed by atoms with E-state index in [0.29, 0.717) is 0 Å². The highest BCUT2D eigenvalue weighted by Crippen LogP contribution is 2.31. The summed E-state index contributed by atoms with van der Waals surface area (Å²) in [4.78, 5) is 0. The zero-order valence-electron chi connectivity index (χ0n) is 13.4. The number of nitrogens with one attached hydrogen (secondary N) is 1. The number of ether oxygens (including phenoxy) is 1. The van der Waals surface area contributed by atoms with Gasteiger partial charge in [0, 0.05) is 24.4 Å². The van der Waals surface area contributed by atoms with Crippen molar-refractivity contribution in [3.8, 4) is 5.75 Å². The number of benzene rings is 1. The zero-order chi connectivity index (χ0) is 15.2. The van der Waals surface area contributed by atoms with Crippen molar-refractivity contribution in [2.24, 2.45) is 7.05 Å². The quantitative estimate of drug-likeness (QED) is 0.850. The largest absolute Gasteiger partial charge is 0.493 e. The molecular formula is C17H25N3O. The van der Waals surface area contributed by atoms with Crippen molar-refractivity contribution < 1.29 is 4.74 Å². The van der Waals surface area contributed by atoms with Crippen LogP contribution in [0.5, 0.6) is 5.75 Å². The van der Waals surface area contributed by atoms with Crippen LogP contribution in [0.15, 0.2) is 30.5 Å². The van der Waals surface area contributed by atoms with E-state index >= 15 is 0 Å². The third kappa shape index (κ3) is 3.45. The van der Waals surface area contributed by atoms with Gasteiger partial charge in [-0.15, -0.1) is 0 Å². The minimum Gasteiger partial charge on any atom is -0.493 e. The van der Waals surface area contributed by atoms with Crippen LogP contribution in [0.4, 0.5) is 0 Å². The maximum atomic E-state index is 5.90. The minimum atomic E-state index is 0.0988. The molecule has 0 saturated carbocycles. The summed E-state index contributed by atoms with van der Waals surface area (Å²) >= 11 is 0. The van der Waals surface area contributed by atoms with E-state index in [-0.39, 0.29) is 6.04 Å². The standard InChI is InChI=1S/C17H25N3O/c1-5-11-21-16-10-8-7-9-13(16)17(18-3)14-12-20(4)19-15(14)6-2/h7-10,12,17-18H,5-6,11H2,1-4H3. The lowest BCUT2D eigenvalue weighted by molar-refractivity contribution is 0.312. The molecule has 0 aliphatic rings. The summed E-state index contributed by atoms with van der Waals surface area (Å²) in [6.45, 7) is 4.99. The van der Waals surface area contributed by atoms with Gasteiger partial charge >= 0.3 is 0 Å². The predicted octanol–water partition coefficient (Wildman–Crippen LogP) is 3.08. The number of aromatic nitrogens is 2. The lowest BCUT2D eigenvalue weighted by Gasteiger charge is -2.20. The first kappa shape index (κ1) is 15.6. The third-order valence-corrected chi connectivity index (χ3v) is 3.56. The Morgan fingerprint density at radius 1 is 1.24 bits per heavy atom. The van der Waals surface area contributed by atoms with Gasteiger partial charge in [0.2, 0.25) is 0 Å². The van der Waals surface area contributed by atoms with Gasteiger partial charge in [-0.1, -0.05) is 32.0 Å². The summed E-state index contributed by atoms with van der Waals surface area (Å²) in [5, 5.41) is 7.96. The van der Waals surface area contributed by atoms with Crippen molar-refractivity contribution in [1.82, 2.24) is 15.1 Å². The van der Waals surface area contributed by atoms with E-state index in [1.165, 1.54) is 5.56 Å². The smallest absolute Gasteiger partial charge is 0.124 e. The molecule has 0 fully saturated rings. The molecule has 0 aliphatic heterocycles. The van der Waals surface area contributed by atoms with Crippen molar-refractivity contribution in [3.05, 3.63) is 47.3 Å². The average Bonchev–Trinajstić information content (AvgIpc) is 2.88.